The van der Waals surface area contributed by atoms with Crippen molar-refractivity contribution in [1.29, 1.82) is 0 Å². The molecule has 0 radical (unpaired) electrons. The van der Waals surface area contributed by atoms with Gasteiger partial charge in [0.25, 0.3) is 0 Å². The number of nitrogens with zero attached hydrogens (tertiary/aromatic N) is 2. The molecule has 0 unspecified atom stereocenters. The first-order chi connectivity index (χ1) is 28.3. The molecule has 0 spiro atoms. The number of thiophene rings is 1. The number of para-hydroxylation sites is 2. The van der Waals surface area contributed by atoms with Crippen LogP contribution in [0.2, 0.25) is 0 Å². The predicted octanol–water partition coefficient (Wildman–Crippen LogP) is 15.6. The summed E-state index contributed by atoms with van der Waals surface area (Å²) in [6.07, 6.45) is 0. The fourth-order valence-electron chi connectivity index (χ4n) is 8.60. The summed E-state index contributed by atoms with van der Waals surface area (Å²) in [5, 5.41) is 5.01. The predicted molar refractivity (Wildman–Crippen MR) is 245 cm³/mol. The number of hydrogen-bond donors (Lipinski definition) is 0. The molecule has 3 heteroatoms. The van der Waals surface area contributed by atoms with E-state index in [1.807, 2.05) is 11.3 Å². The standard InChI is InChI=1S/C54H36N2S/c1-4-16-37(17-5-1)39-30-33-42(34-31-39)56(50-28-15-27-49-53(50)47-23-10-12-26-48(47)55(49)41-20-8-3-9-21-41)51-36-40(38-18-6-2-7-19-38)32-35-43(51)45-24-14-25-46-44-22-11-13-29-52(44)57-54(45)46/h1-36H. The SMILES string of the molecule is c1ccc(-c2ccc(N(c3cc(-c4ccccc4)ccc3-c3cccc4c3sc3ccccc34)c3cccc4c3c3ccccc3n4-c3ccccc3)cc2)cc1. The van der Waals surface area contributed by atoms with Crippen molar-refractivity contribution in [2.45, 2.75) is 0 Å². The van der Waals surface area contributed by atoms with Crippen LogP contribution < -0.4 is 4.90 Å². The molecule has 0 aliphatic rings. The molecule has 0 aliphatic heterocycles. The Labute approximate surface area is 335 Å². The molecule has 0 amide bonds. The average Bonchev–Trinajstić information content (AvgIpc) is 3.84. The Kier molecular flexibility index (Phi) is 8.04. The number of rotatable bonds is 7. The lowest BCUT2D eigenvalue weighted by Crippen LogP contribution is -2.12. The molecule has 0 bridgehead atoms. The summed E-state index contributed by atoms with van der Waals surface area (Å²) in [6.45, 7) is 0. The van der Waals surface area contributed by atoms with E-state index in [4.69, 9.17) is 0 Å². The van der Waals surface area contributed by atoms with E-state index in [0.29, 0.717) is 0 Å². The van der Waals surface area contributed by atoms with Gasteiger partial charge in [-0.2, -0.15) is 0 Å². The summed E-state index contributed by atoms with van der Waals surface area (Å²) in [5.41, 5.74) is 14.0. The molecule has 11 aromatic rings. The molecule has 268 valence electrons. The number of hydrogen-bond acceptors (Lipinski definition) is 2. The lowest BCUT2D eigenvalue weighted by atomic mass is 9.95. The molecule has 2 nitrogen and oxygen atoms in total. The maximum absolute atomic E-state index is 2.51. The second kappa shape index (κ2) is 13.8. The Bertz CT molecular complexity index is 3220. The molecule has 0 saturated heterocycles. The third kappa shape index (κ3) is 5.63. The highest BCUT2D eigenvalue weighted by atomic mass is 32.1. The van der Waals surface area contributed by atoms with Gasteiger partial charge in [0.15, 0.2) is 0 Å². The van der Waals surface area contributed by atoms with E-state index in [0.717, 1.165) is 28.3 Å². The van der Waals surface area contributed by atoms with E-state index >= 15 is 0 Å². The highest BCUT2D eigenvalue weighted by molar-refractivity contribution is 7.26. The van der Waals surface area contributed by atoms with Crippen LogP contribution >= 0.6 is 11.3 Å². The quantitative estimate of drug-likeness (QED) is 0.158. The zero-order valence-electron chi connectivity index (χ0n) is 31.1. The third-order valence-corrected chi connectivity index (χ3v) is 12.4. The number of fused-ring (bicyclic) bond motifs is 6. The minimum Gasteiger partial charge on any atom is -0.309 e. The zero-order valence-corrected chi connectivity index (χ0v) is 31.9. The van der Waals surface area contributed by atoms with E-state index in [1.54, 1.807) is 0 Å². The van der Waals surface area contributed by atoms with E-state index < -0.39 is 0 Å². The maximum Gasteiger partial charge on any atom is 0.0562 e. The van der Waals surface area contributed by atoms with Gasteiger partial charge in [0, 0.05) is 53.4 Å². The van der Waals surface area contributed by atoms with Gasteiger partial charge in [-0.15, -0.1) is 11.3 Å². The highest BCUT2D eigenvalue weighted by Gasteiger charge is 2.25. The molecule has 2 aromatic heterocycles. The van der Waals surface area contributed by atoms with Crippen molar-refractivity contribution in [2.75, 3.05) is 4.90 Å². The van der Waals surface area contributed by atoms with Crippen LogP contribution in [0, 0.1) is 0 Å². The summed E-state index contributed by atoms with van der Waals surface area (Å²) in [6, 6.07) is 79.5. The summed E-state index contributed by atoms with van der Waals surface area (Å²) in [5.74, 6) is 0. The van der Waals surface area contributed by atoms with E-state index in [1.165, 1.54) is 69.8 Å². The molecule has 0 N–H and O–H groups in total. The second-order valence-electron chi connectivity index (χ2n) is 14.5. The van der Waals surface area contributed by atoms with Gasteiger partial charge in [-0.3, -0.25) is 0 Å². The first kappa shape index (κ1) is 33.2. The smallest absolute Gasteiger partial charge is 0.0562 e. The van der Waals surface area contributed by atoms with Crippen molar-refractivity contribution in [1.82, 2.24) is 4.57 Å². The number of anilines is 3. The normalized spacial score (nSPS) is 11.5. The molecule has 0 atom stereocenters. The monoisotopic (exact) mass is 744 g/mol. The summed E-state index contributed by atoms with van der Waals surface area (Å²) in [7, 11) is 0. The van der Waals surface area contributed by atoms with Crippen molar-refractivity contribution in [2.24, 2.45) is 0 Å². The van der Waals surface area contributed by atoms with Gasteiger partial charge in [-0.1, -0.05) is 164 Å². The van der Waals surface area contributed by atoms with Crippen LogP contribution in [0.5, 0.6) is 0 Å². The Morgan fingerprint density at radius 2 is 0.947 bits per heavy atom. The van der Waals surface area contributed by atoms with Crippen molar-refractivity contribution < 1.29 is 0 Å². The van der Waals surface area contributed by atoms with Gasteiger partial charge >= 0.3 is 0 Å². The van der Waals surface area contributed by atoms with Gasteiger partial charge in [0.2, 0.25) is 0 Å². The van der Waals surface area contributed by atoms with Gasteiger partial charge in [-0.25, -0.2) is 0 Å². The molecule has 0 saturated carbocycles. The second-order valence-corrected chi connectivity index (χ2v) is 15.5. The Hall–Kier alpha value is -7.20. The summed E-state index contributed by atoms with van der Waals surface area (Å²) < 4.78 is 5.00. The highest BCUT2D eigenvalue weighted by Crippen LogP contribution is 2.50. The van der Waals surface area contributed by atoms with Gasteiger partial charge in [0.1, 0.15) is 0 Å². The number of benzene rings is 9. The largest absolute Gasteiger partial charge is 0.309 e. The molecular weight excluding hydrogens is 709 g/mol. The fourth-order valence-corrected chi connectivity index (χ4v) is 9.83. The van der Waals surface area contributed by atoms with Crippen LogP contribution in [0.4, 0.5) is 17.1 Å². The van der Waals surface area contributed by atoms with Crippen molar-refractivity contribution in [3.8, 4) is 39.1 Å². The van der Waals surface area contributed by atoms with Gasteiger partial charge in [-0.05, 0) is 76.9 Å². The Morgan fingerprint density at radius 3 is 1.72 bits per heavy atom. The van der Waals surface area contributed by atoms with Crippen LogP contribution in [0.3, 0.4) is 0 Å². The lowest BCUT2D eigenvalue weighted by Gasteiger charge is -2.30. The van der Waals surface area contributed by atoms with Crippen LogP contribution in [-0.4, -0.2) is 4.57 Å². The first-order valence-electron chi connectivity index (χ1n) is 19.4. The Morgan fingerprint density at radius 1 is 0.368 bits per heavy atom. The summed E-state index contributed by atoms with van der Waals surface area (Å²) >= 11 is 1.88. The van der Waals surface area contributed by atoms with Crippen molar-refractivity contribution >= 4 is 70.4 Å². The Balaban J connectivity index is 1.24. The topological polar surface area (TPSA) is 8.17 Å². The molecule has 0 fully saturated rings. The molecule has 9 aromatic carbocycles. The number of aromatic nitrogens is 1. The van der Waals surface area contributed by atoms with Crippen molar-refractivity contribution in [3.05, 3.63) is 218 Å². The lowest BCUT2D eigenvalue weighted by molar-refractivity contribution is 1.18. The zero-order chi connectivity index (χ0) is 37.7. The maximum atomic E-state index is 2.51. The molecule has 0 aliphatic carbocycles. The molecule has 11 rings (SSSR count). The molecular formula is C54H36N2S. The van der Waals surface area contributed by atoms with Crippen molar-refractivity contribution in [3.63, 3.8) is 0 Å². The van der Waals surface area contributed by atoms with Crippen LogP contribution in [-0.2, 0) is 0 Å². The van der Waals surface area contributed by atoms with E-state index in [2.05, 4.69) is 228 Å². The van der Waals surface area contributed by atoms with Gasteiger partial charge in [0.05, 0.1) is 22.4 Å². The average molecular weight is 745 g/mol. The minimum absolute atomic E-state index is 1.09. The first-order valence-corrected chi connectivity index (χ1v) is 20.3. The molecule has 57 heavy (non-hydrogen) atoms. The third-order valence-electron chi connectivity index (χ3n) is 11.2. The van der Waals surface area contributed by atoms with Crippen LogP contribution in [0.15, 0.2) is 218 Å². The van der Waals surface area contributed by atoms with Gasteiger partial charge < -0.3 is 9.47 Å². The fraction of sp³-hybridized carbons (Fsp3) is 0. The van der Waals surface area contributed by atoms with E-state index in [-0.39, 0.29) is 0 Å². The van der Waals surface area contributed by atoms with E-state index in [9.17, 15) is 0 Å². The minimum atomic E-state index is 1.09. The molecule has 2 heterocycles. The van der Waals surface area contributed by atoms with Crippen LogP contribution in [0.1, 0.15) is 0 Å². The summed E-state index contributed by atoms with van der Waals surface area (Å²) in [4.78, 5) is 2.51. The van der Waals surface area contributed by atoms with Crippen LogP contribution in [0.25, 0.3) is 81.0 Å².